The highest BCUT2D eigenvalue weighted by Crippen LogP contribution is 2.27. The molecule has 2 N–H and O–H groups in total. The van der Waals surface area contributed by atoms with Crippen molar-refractivity contribution in [3.05, 3.63) is 0 Å². The van der Waals surface area contributed by atoms with Gasteiger partial charge in [0.25, 0.3) is 0 Å². The van der Waals surface area contributed by atoms with Crippen LogP contribution in [0.15, 0.2) is 0 Å². The maximum atomic E-state index is 10.3. The fourth-order valence-corrected chi connectivity index (χ4v) is 2.81. The van der Waals surface area contributed by atoms with Gasteiger partial charge in [0.1, 0.15) is 0 Å². The summed E-state index contributed by atoms with van der Waals surface area (Å²) in [6.07, 6.45) is 5.64. The van der Waals surface area contributed by atoms with Gasteiger partial charge in [0, 0.05) is 18.3 Å². The smallest absolute Gasteiger partial charge is 0.0771 e. The normalized spacial score (nSPS) is 22.6. The molecule has 1 saturated carbocycles. The Bertz CT molecular complexity index is 169. The lowest BCUT2D eigenvalue weighted by Gasteiger charge is -2.33. The van der Waals surface area contributed by atoms with Gasteiger partial charge < -0.3 is 10.4 Å². The van der Waals surface area contributed by atoms with Crippen LogP contribution in [0.3, 0.4) is 0 Å². The fraction of sp³-hybridized carbons (Fsp3) is 1.00. The minimum atomic E-state index is -0.413. The van der Waals surface area contributed by atoms with Gasteiger partial charge >= 0.3 is 0 Å². The predicted octanol–water partition coefficient (Wildman–Crippen LogP) is 2.41. The van der Waals surface area contributed by atoms with Gasteiger partial charge in [-0.25, -0.2) is 0 Å². The Morgan fingerprint density at radius 3 is 2.60 bits per heavy atom. The van der Waals surface area contributed by atoms with Gasteiger partial charge in [-0.05, 0) is 25.5 Å². The SMILES string of the molecule is CCSCC(C)NCC1(O)CCCCC1. The lowest BCUT2D eigenvalue weighted by atomic mass is 9.85. The molecule has 0 aromatic rings. The first-order chi connectivity index (χ1) is 7.16. The van der Waals surface area contributed by atoms with Crippen molar-refractivity contribution in [2.75, 3.05) is 18.1 Å². The lowest BCUT2D eigenvalue weighted by Crippen LogP contribution is -2.45. The van der Waals surface area contributed by atoms with E-state index in [1.165, 1.54) is 25.0 Å². The minimum Gasteiger partial charge on any atom is -0.389 e. The van der Waals surface area contributed by atoms with E-state index >= 15 is 0 Å². The summed E-state index contributed by atoms with van der Waals surface area (Å²) in [6, 6.07) is 0.515. The quantitative estimate of drug-likeness (QED) is 0.736. The molecule has 1 unspecified atom stereocenters. The van der Waals surface area contributed by atoms with Crippen molar-refractivity contribution in [3.8, 4) is 0 Å². The molecule has 3 heteroatoms. The summed E-state index contributed by atoms with van der Waals surface area (Å²) in [5.74, 6) is 2.32. The maximum absolute atomic E-state index is 10.3. The molecule has 0 spiro atoms. The Morgan fingerprint density at radius 1 is 1.33 bits per heavy atom. The van der Waals surface area contributed by atoms with Gasteiger partial charge in [-0.15, -0.1) is 0 Å². The molecule has 2 nitrogen and oxygen atoms in total. The second-order valence-corrected chi connectivity index (χ2v) is 6.05. The van der Waals surface area contributed by atoms with Crippen LogP contribution in [0.2, 0.25) is 0 Å². The van der Waals surface area contributed by atoms with E-state index < -0.39 is 5.60 Å². The van der Waals surface area contributed by atoms with Crippen LogP contribution >= 0.6 is 11.8 Å². The Labute approximate surface area is 98.2 Å². The van der Waals surface area contributed by atoms with Gasteiger partial charge in [0.2, 0.25) is 0 Å². The second-order valence-electron chi connectivity index (χ2n) is 4.73. The molecule has 0 amide bonds. The van der Waals surface area contributed by atoms with Gasteiger partial charge in [-0.3, -0.25) is 0 Å². The van der Waals surface area contributed by atoms with Crippen molar-refractivity contribution in [2.24, 2.45) is 0 Å². The standard InChI is InChI=1S/C12H25NOS/c1-3-15-9-11(2)13-10-12(14)7-5-4-6-8-12/h11,13-14H,3-10H2,1-2H3. The molecule has 0 saturated heterocycles. The zero-order valence-electron chi connectivity index (χ0n) is 10.1. The molecule has 1 atom stereocenters. The van der Waals surface area contributed by atoms with Crippen LogP contribution in [0.1, 0.15) is 46.0 Å². The fourth-order valence-electron chi connectivity index (χ4n) is 2.10. The van der Waals surface area contributed by atoms with E-state index in [4.69, 9.17) is 0 Å². The minimum absolute atomic E-state index is 0.413. The van der Waals surface area contributed by atoms with E-state index in [1.807, 2.05) is 11.8 Å². The van der Waals surface area contributed by atoms with E-state index in [2.05, 4.69) is 19.2 Å². The molecule has 0 aromatic carbocycles. The van der Waals surface area contributed by atoms with Crippen molar-refractivity contribution in [1.82, 2.24) is 5.32 Å². The average molecular weight is 231 g/mol. The summed E-state index contributed by atoms with van der Waals surface area (Å²) >= 11 is 1.96. The predicted molar refractivity (Wildman–Crippen MR) is 68.5 cm³/mol. The lowest BCUT2D eigenvalue weighted by molar-refractivity contribution is 0.00355. The summed E-state index contributed by atoms with van der Waals surface area (Å²) < 4.78 is 0. The molecule has 1 rings (SSSR count). The van der Waals surface area contributed by atoms with Crippen LogP contribution in [0, 0.1) is 0 Å². The van der Waals surface area contributed by atoms with Crippen LogP contribution in [0.25, 0.3) is 0 Å². The van der Waals surface area contributed by atoms with Crippen LogP contribution in [0.5, 0.6) is 0 Å². The average Bonchev–Trinajstić information content (AvgIpc) is 2.25. The summed E-state index contributed by atoms with van der Waals surface area (Å²) in [4.78, 5) is 0. The molecule has 1 aliphatic carbocycles. The molecule has 15 heavy (non-hydrogen) atoms. The Kier molecular flexibility index (Phi) is 6.02. The van der Waals surface area contributed by atoms with E-state index in [-0.39, 0.29) is 0 Å². The molecule has 90 valence electrons. The molecule has 0 radical (unpaired) electrons. The zero-order chi connectivity index (χ0) is 11.1. The van der Waals surface area contributed by atoms with E-state index in [0.717, 1.165) is 25.1 Å². The summed E-state index contributed by atoms with van der Waals surface area (Å²) in [7, 11) is 0. The van der Waals surface area contributed by atoms with Crippen molar-refractivity contribution >= 4 is 11.8 Å². The largest absolute Gasteiger partial charge is 0.389 e. The summed E-state index contributed by atoms with van der Waals surface area (Å²) in [5.41, 5.74) is -0.413. The molecular formula is C12H25NOS. The maximum Gasteiger partial charge on any atom is 0.0771 e. The molecule has 0 aliphatic heterocycles. The van der Waals surface area contributed by atoms with Gasteiger partial charge in [0.15, 0.2) is 0 Å². The highest BCUT2D eigenvalue weighted by molar-refractivity contribution is 7.99. The first kappa shape index (κ1) is 13.3. The van der Waals surface area contributed by atoms with Crippen molar-refractivity contribution in [2.45, 2.75) is 57.6 Å². The number of hydrogen-bond donors (Lipinski definition) is 2. The summed E-state index contributed by atoms with van der Waals surface area (Å²) in [6.45, 7) is 5.17. The van der Waals surface area contributed by atoms with Crippen LogP contribution in [-0.2, 0) is 0 Å². The van der Waals surface area contributed by atoms with Crippen LogP contribution in [-0.4, -0.2) is 34.8 Å². The van der Waals surface area contributed by atoms with Gasteiger partial charge in [-0.2, -0.15) is 11.8 Å². The van der Waals surface area contributed by atoms with E-state index in [1.54, 1.807) is 0 Å². The molecule has 1 aliphatic rings. The van der Waals surface area contributed by atoms with E-state index in [9.17, 15) is 5.11 Å². The first-order valence-electron chi connectivity index (χ1n) is 6.20. The third kappa shape index (κ3) is 5.23. The first-order valence-corrected chi connectivity index (χ1v) is 7.35. The van der Waals surface area contributed by atoms with Crippen LogP contribution < -0.4 is 5.32 Å². The third-order valence-corrected chi connectivity index (χ3v) is 4.28. The third-order valence-electron chi connectivity index (χ3n) is 3.14. The number of rotatable bonds is 6. The Hall–Kier alpha value is 0.270. The number of nitrogens with one attached hydrogen (secondary N) is 1. The molecular weight excluding hydrogens is 206 g/mol. The molecule has 0 heterocycles. The number of hydrogen-bond acceptors (Lipinski definition) is 3. The van der Waals surface area contributed by atoms with Gasteiger partial charge in [-0.1, -0.05) is 26.2 Å². The van der Waals surface area contributed by atoms with Crippen molar-refractivity contribution in [1.29, 1.82) is 0 Å². The van der Waals surface area contributed by atoms with Crippen molar-refractivity contribution < 1.29 is 5.11 Å². The molecule has 0 bridgehead atoms. The number of thioether (sulfide) groups is 1. The highest BCUT2D eigenvalue weighted by Gasteiger charge is 2.28. The molecule has 1 fully saturated rings. The zero-order valence-corrected chi connectivity index (χ0v) is 10.9. The highest BCUT2D eigenvalue weighted by atomic mass is 32.2. The number of aliphatic hydroxyl groups is 1. The Morgan fingerprint density at radius 2 is 2.00 bits per heavy atom. The monoisotopic (exact) mass is 231 g/mol. The summed E-state index contributed by atoms with van der Waals surface area (Å²) in [5, 5.41) is 13.7. The Balaban J connectivity index is 2.16. The van der Waals surface area contributed by atoms with E-state index in [0.29, 0.717) is 6.04 Å². The van der Waals surface area contributed by atoms with Crippen molar-refractivity contribution in [3.63, 3.8) is 0 Å². The van der Waals surface area contributed by atoms with Gasteiger partial charge in [0.05, 0.1) is 5.60 Å². The molecule has 0 aromatic heterocycles. The topological polar surface area (TPSA) is 32.3 Å². The van der Waals surface area contributed by atoms with Crippen LogP contribution in [0.4, 0.5) is 0 Å². The second kappa shape index (κ2) is 6.77.